The van der Waals surface area contributed by atoms with Crippen molar-refractivity contribution in [1.82, 2.24) is 0 Å². The molecule has 0 aromatic heterocycles. The number of nitrogens with zero attached hydrogens (tertiary/aromatic N) is 1. The van der Waals surface area contributed by atoms with E-state index in [4.69, 9.17) is 4.74 Å². The SMILES string of the molecule is COc1ccc(Nc2ccc([N+](=O)[O-])cc2)ccc1=O. The zero-order valence-corrected chi connectivity index (χ0v) is 10.7. The molecule has 6 heteroatoms. The highest BCUT2D eigenvalue weighted by Crippen LogP contribution is 2.19. The summed E-state index contributed by atoms with van der Waals surface area (Å²) in [5, 5.41) is 13.6. The zero-order valence-electron chi connectivity index (χ0n) is 10.7. The predicted octanol–water partition coefficient (Wildman–Crippen LogP) is 2.71. The van der Waals surface area contributed by atoms with Crippen LogP contribution in [0.3, 0.4) is 0 Å². The number of nitrogens with one attached hydrogen (secondary N) is 1. The first-order chi connectivity index (χ1) is 9.60. The van der Waals surface area contributed by atoms with Crippen LogP contribution in [0, 0.1) is 10.1 Å². The molecule has 2 aromatic carbocycles. The van der Waals surface area contributed by atoms with Crippen molar-refractivity contribution in [2.24, 2.45) is 0 Å². The van der Waals surface area contributed by atoms with Gasteiger partial charge in [-0.1, -0.05) is 0 Å². The van der Waals surface area contributed by atoms with Crippen molar-refractivity contribution in [2.75, 3.05) is 12.4 Å². The number of benzene rings is 1. The molecule has 2 aromatic rings. The average molecular weight is 272 g/mol. The van der Waals surface area contributed by atoms with Crippen LogP contribution in [0.4, 0.5) is 17.1 Å². The van der Waals surface area contributed by atoms with Crippen LogP contribution in [0.2, 0.25) is 0 Å². The van der Waals surface area contributed by atoms with Gasteiger partial charge in [0.25, 0.3) is 5.69 Å². The van der Waals surface area contributed by atoms with Gasteiger partial charge in [0, 0.05) is 23.5 Å². The van der Waals surface area contributed by atoms with Crippen molar-refractivity contribution in [3.8, 4) is 5.75 Å². The Bertz CT molecular complexity index is 683. The van der Waals surface area contributed by atoms with E-state index < -0.39 is 4.92 Å². The van der Waals surface area contributed by atoms with E-state index in [9.17, 15) is 14.9 Å². The Kier molecular flexibility index (Phi) is 3.95. The van der Waals surface area contributed by atoms with Gasteiger partial charge in [0.1, 0.15) is 0 Å². The summed E-state index contributed by atoms with van der Waals surface area (Å²) in [4.78, 5) is 21.6. The van der Waals surface area contributed by atoms with Gasteiger partial charge in [0.05, 0.1) is 12.0 Å². The van der Waals surface area contributed by atoms with E-state index in [0.717, 1.165) is 0 Å². The highest BCUT2D eigenvalue weighted by Gasteiger charge is 2.04. The number of hydrogen-bond acceptors (Lipinski definition) is 5. The topological polar surface area (TPSA) is 81.5 Å². The Labute approximate surface area is 114 Å². The van der Waals surface area contributed by atoms with Crippen LogP contribution in [0.1, 0.15) is 0 Å². The van der Waals surface area contributed by atoms with Crippen LogP contribution < -0.4 is 15.5 Å². The van der Waals surface area contributed by atoms with Gasteiger partial charge in [-0.15, -0.1) is 0 Å². The van der Waals surface area contributed by atoms with Crippen LogP contribution in [0.15, 0.2) is 53.3 Å². The average Bonchev–Trinajstić information content (AvgIpc) is 2.62. The molecule has 0 spiro atoms. The fraction of sp³-hybridized carbons (Fsp3) is 0.0714. The second kappa shape index (κ2) is 5.83. The summed E-state index contributed by atoms with van der Waals surface area (Å²) < 4.78 is 4.94. The van der Waals surface area contributed by atoms with Crippen molar-refractivity contribution < 1.29 is 9.66 Å². The minimum Gasteiger partial charge on any atom is -0.493 e. The predicted molar refractivity (Wildman–Crippen MR) is 75.6 cm³/mol. The minimum atomic E-state index is -0.457. The normalized spacial score (nSPS) is 9.85. The Morgan fingerprint density at radius 2 is 1.55 bits per heavy atom. The van der Waals surface area contributed by atoms with Crippen molar-refractivity contribution in [3.05, 3.63) is 68.9 Å². The number of nitro benzene ring substituents is 1. The molecule has 0 aliphatic carbocycles. The van der Waals surface area contributed by atoms with Gasteiger partial charge in [0.2, 0.25) is 5.43 Å². The lowest BCUT2D eigenvalue weighted by Gasteiger charge is -2.03. The molecule has 102 valence electrons. The molecule has 0 bridgehead atoms. The molecule has 0 saturated carbocycles. The molecular formula is C14H12N2O4. The highest BCUT2D eigenvalue weighted by atomic mass is 16.6. The smallest absolute Gasteiger partial charge is 0.269 e. The van der Waals surface area contributed by atoms with Crippen molar-refractivity contribution in [3.63, 3.8) is 0 Å². The van der Waals surface area contributed by atoms with Gasteiger partial charge in [-0.25, -0.2) is 0 Å². The van der Waals surface area contributed by atoms with Gasteiger partial charge in [-0.3, -0.25) is 14.9 Å². The molecule has 6 nitrogen and oxygen atoms in total. The lowest BCUT2D eigenvalue weighted by molar-refractivity contribution is -0.384. The van der Waals surface area contributed by atoms with E-state index in [1.807, 2.05) is 0 Å². The minimum absolute atomic E-state index is 0.0256. The maximum Gasteiger partial charge on any atom is 0.269 e. The van der Waals surface area contributed by atoms with E-state index in [1.54, 1.807) is 30.3 Å². The van der Waals surface area contributed by atoms with Gasteiger partial charge >= 0.3 is 0 Å². The second-order valence-electron chi connectivity index (χ2n) is 3.98. The summed E-state index contributed by atoms with van der Waals surface area (Å²) >= 11 is 0. The number of non-ortho nitro benzene ring substituents is 1. The summed E-state index contributed by atoms with van der Waals surface area (Å²) in [7, 11) is 1.43. The van der Waals surface area contributed by atoms with Crippen LogP contribution in [-0.4, -0.2) is 12.0 Å². The third-order valence-corrected chi connectivity index (χ3v) is 2.66. The summed E-state index contributed by atoms with van der Waals surface area (Å²) in [6.45, 7) is 0. The largest absolute Gasteiger partial charge is 0.493 e. The number of methoxy groups -OCH3 is 1. The van der Waals surface area contributed by atoms with E-state index in [1.165, 1.54) is 25.3 Å². The monoisotopic (exact) mass is 272 g/mol. The quantitative estimate of drug-likeness (QED) is 0.683. The number of nitro groups is 1. The first kappa shape index (κ1) is 13.5. The molecular weight excluding hydrogens is 260 g/mol. The molecule has 0 aliphatic heterocycles. The Morgan fingerprint density at radius 1 is 1.00 bits per heavy atom. The third kappa shape index (κ3) is 3.11. The fourth-order valence-electron chi connectivity index (χ4n) is 1.64. The summed E-state index contributed by atoms with van der Waals surface area (Å²) in [6, 6.07) is 12.3. The number of hydrogen-bond donors (Lipinski definition) is 1. The Hall–Kier alpha value is -2.89. The number of ether oxygens (including phenoxy) is 1. The van der Waals surface area contributed by atoms with Crippen LogP contribution in [0.5, 0.6) is 5.75 Å². The lowest BCUT2D eigenvalue weighted by Crippen LogP contribution is -1.98. The highest BCUT2D eigenvalue weighted by molar-refractivity contribution is 5.60. The van der Waals surface area contributed by atoms with Crippen molar-refractivity contribution in [1.29, 1.82) is 0 Å². The van der Waals surface area contributed by atoms with Crippen LogP contribution in [0.25, 0.3) is 0 Å². The molecule has 0 amide bonds. The van der Waals surface area contributed by atoms with E-state index in [-0.39, 0.29) is 16.9 Å². The second-order valence-corrected chi connectivity index (χ2v) is 3.98. The van der Waals surface area contributed by atoms with Crippen molar-refractivity contribution >= 4 is 17.1 Å². The summed E-state index contributed by atoms with van der Waals surface area (Å²) in [6.07, 6.45) is 0. The fourth-order valence-corrected chi connectivity index (χ4v) is 1.64. The number of rotatable bonds is 4. The molecule has 0 aliphatic rings. The zero-order chi connectivity index (χ0) is 14.5. The first-order valence-corrected chi connectivity index (χ1v) is 5.80. The van der Waals surface area contributed by atoms with Crippen molar-refractivity contribution in [2.45, 2.75) is 0 Å². The Balaban J connectivity index is 2.24. The van der Waals surface area contributed by atoms with Gasteiger partial charge in [-0.2, -0.15) is 0 Å². The molecule has 2 rings (SSSR count). The molecule has 0 radical (unpaired) electrons. The van der Waals surface area contributed by atoms with Crippen LogP contribution in [-0.2, 0) is 0 Å². The summed E-state index contributed by atoms with van der Waals surface area (Å²) in [5.41, 5.74) is 1.18. The van der Waals surface area contributed by atoms with E-state index >= 15 is 0 Å². The standard InChI is InChI=1S/C14H12N2O4/c1-20-14-9-5-11(4-8-13(14)17)15-10-2-6-12(7-3-10)16(18)19/h2-9,15H,1H3. The molecule has 0 atom stereocenters. The molecule has 0 saturated heterocycles. The lowest BCUT2D eigenvalue weighted by atomic mass is 10.2. The molecule has 0 heterocycles. The third-order valence-electron chi connectivity index (χ3n) is 2.66. The maximum atomic E-state index is 11.5. The molecule has 0 fully saturated rings. The first-order valence-electron chi connectivity index (χ1n) is 5.80. The van der Waals surface area contributed by atoms with Gasteiger partial charge in [0.15, 0.2) is 5.75 Å². The number of anilines is 2. The Morgan fingerprint density at radius 3 is 2.10 bits per heavy atom. The maximum absolute atomic E-state index is 11.5. The van der Waals surface area contributed by atoms with Gasteiger partial charge in [-0.05, 0) is 36.4 Å². The van der Waals surface area contributed by atoms with Gasteiger partial charge < -0.3 is 10.1 Å². The molecule has 20 heavy (non-hydrogen) atoms. The molecule has 0 unspecified atom stereocenters. The summed E-state index contributed by atoms with van der Waals surface area (Å²) in [5.74, 6) is 0.252. The van der Waals surface area contributed by atoms with E-state index in [2.05, 4.69) is 5.32 Å². The molecule has 1 N–H and O–H groups in total. The van der Waals surface area contributed by atoms with E-state index in [0.29, 0.717) is 11.4 Å². The van der Waals surface area contributed by atoms with Crippen LogP contribution >= 0.6 is 0 Å².